The minimum atomic E-state index is 0.128. The van der Waals surface area contributed by atoms with Crippen molar-refractivity contribution in [2.45, 2.75) is 26.5 Å². The Bertz CT molecular complexity index is 552. The van der Waals surface area contributed by atoms with E-state index < -0.39 is 0 Å². The summed E-state index contributed by atoms with van der Waals surface area (Å²) in [5.74, 6) is 1.65. The van der Waals surface area contributed by atoms with E-state index in [2.05, 4.69) is 9.88 Å². The van der Waals surface area contributed by atoms with Gasteiger partial charge in [-0.2, -0.15) is 0 Å². The minimum absolute atomic E-state index is 0.128. The maximum absolute atomic E-state index is 5.80. The zero-order chi connectivity index (χ0) is 14.5. The molecule has 0 amide bonds. The van der Waals surface area contributed by atoms with Gasteiger partial charge in [0.15, 0.2) is 11.6 Å². The zero-order valence-electron chi connectivity index (χ0n) is 12.2. The van der Waals surface area contributed by atoms with Crippen LogP contribution in [0.25, 0.3) is 0 Å². The lowest BCUT2D eigenvalue weighted by atomic mass is 10.2. The zero-order valence-corrected chi connectivity index (χ0v) is 12.2. The Hall–Kier alpha value is -2.23. The van der Waals surface area contributed by atoms with Crippen LogP contribution >= 0.6 is 0 Å². The summed E-state index contributed by atoms with van der Waals surface area (Å²) in [5, 5.41) is 0. The molecule has 1 aromatic carbocycles. The van der Waals surface area contributed by atoms with Crippen LogP contribution in [0.4, 0.5) is 11.5 Å². The van der Waals surface area contributed by atoms with Crippen LogP contribution in [-0.4, -0.2) is 18.1 Å². The molecule has 0 atom stereocenters. The summed E-state index contributed by atoms with van der Waals surface area (Å²) in [6.07, 6.45) is 1.91. The third kappa shape index (κ3) is 3.63. The largest absolute Gasteiger partial charge is 0.487 e. The van der Waals surface area contributed by atoms with Crippen molar-refractivity contribution in [3.8, 4) is 5.75 Å². The Balaban J connectivity index is 2.16. The highest BCUT2D eigenvalue weighted by Crippen LogP contribution is 2.26. The van der Waals surface area contributed by atoms with Crippen molar-refractivity contribution in [2.75, 3.05) is 17.7 Å². The molecule has 1 heterocycles. The molecule has 0 aliphatic carbocycles. The summed E-state index contributed by atoms with van der Waals surface area (Å²) in [5.41, 5.74) is 7.66. The lowest BCUT2D eigenvalue weighted by Gasteiger charge is -2.22. The summed E-state index contributed by atoms with van der Waals surface area (Å²) in [7, 11) is 2.01. The second-order valence-corrected chi connectivity index (χ2v) is 5.09. The van der Waals surface area contributed by atoms with E-state index in [9.17, 15) is 0 Å². The van der Waals surface area contributed by atoms with Crippen LogP contribution in [-0.2, 0) is 6.54 Å². The van der Waals surface area contributed by atoms with Crippen LogP contribution in [0.1, 0.15) is 19.4 Å². The molecule has 2 N–H and O–H groups in total. The Kier molecular flexibility index (Phi) is 4.45. The number of nitrogens with two attached hydrogens (primary N) is 1. The number of anilines is 2. The van der Waals surface area contributed by atoms with Crippen molar-refractivity contribution in [3.63, 3.8) is 0 Å². The van der Waals surface area contributed by atoms with E-state index in [4.69, 9.17) is 10.5 Å². The number of benzene rings is 1. The van der Waals surface area contributed by atoms with Crippen LogP contribution in [0.5, 0.6) is 5.75 Å². The van der Waals surface area contributed by atoms with Crippen LogP contribution in [0.3, 0.4) is 0 Å². The highest BCUT2D eigenvalue weighted by molar-refractivity contribution is 5.52. The van der Waals surface area contributed by atoms with Gasteiger partial charge in [0.25, 0.3) is 0 Å². The van der Waals surface area contributed by atoms with Crippen molar-refractivity contribution in [2.24, 2.45) is 0 Å². The van der Waals surface area contributed by atoms with Crippen molar-refractivity contribution >= 4 is 11.5 Å². The lowest BCUT2D eigenvalue weighted by Crippen LogP contribution is -2.19. The van der Waals surface area contributed by atoms with Gasteiger partial charge < -0.3 is 15.4 Å². The highest BCUT2D eigenvalue weighted by atomic mass is 16.5. The Morgan fingerprint density at radius 1 is 1.20 bits per heavy atom. The molecule has 2 aromatic rings. The monoisotopic (exact) mass is 271 g/mol. The van der Waals surface area contributed by atoms with E-state index in [0.717, 1.165) is 23.8 Å². The van der Waals surface area contributed by atoms with Gasteiger partial charge in [-0.3, -0.25) is 0 Å². The maximum Gasteiger partial charge on any atom is 0.171 e. The first-order valence-electron chi connectivity index (χ1n) is 6.73. The Morgan fingerprint density at radius 2 is 1.90 bits per heavy atom. The van der Waals surface area contributed by atoms with Gasteiger partial charge in [0.1, 0.15) is 0 Å². The Morgan fingerprint density at radius 3 is 2.55 bits per heavy atom. The second kappa shape index (κ2) is 6.28. The minimum Gasteiger partial charge on any atom is -0.487 e. The normalized spacial score (nSPS) is 10.6. The third-order valence-corrected chi connectivity index (χ3v) is 2.87. The summed E-state index contributed by atoms with van der Waals surface area (Å²) in [6, 6.07) is 11.7. The summed E-state index contributed by atoms with van der Waals surface area (Å²) < 4.78 is 5.80. The van der Waals surface area contributed by atoms with Gasteiger partial charge in [-0.15, -0.1) is 0 Å². The molecule has 4 nitrogen and oxygen atoms in total. The van der Waals surface area contributed by atoms with Crippen LogP contribution in [0.15, 0.2) is 42.6 Å². The van der Waals surface area contributed by atoms with Crippen molar-refractivity contribution in [1.82, 2.24) is 4.98 Å². The fourth-order valence-electron chi connectivity index (χ4n) is 1.99. The molecule has 0 saturated heterocycles. The third-order valence-electron chi connectivity index (χ3n) is 2.87. The molecule has 0 aliphatic heterocycles. The number of nitrogen functional groups attached to an aromatic ring is 1. The molecule has 1 aromatic heterocycles. The first-order chi connectivity index (χ1) is 9.56. The molecule has 0 spiro atoms. The van der Waals surface area contributed by atoms with E-state index >= 15 is 0 Å². The highest BCUT2D eigenvalue weighted by Gasteiger charge is 2.11. The summed E-state index contributed by atoms with van der Waals surface area (Å²) in [4.78, 5) is 6.49. The van der Waals surface area contributed by atoms with Gasteiger partial charge in [0.05, 0.1) is 6.10 Å². The molecule has 0 aliphatic rings. The number of hydrogen-bond donors (Lipinski definition) is 1. The van der Waals surface area contributed by atoms with Gasteiger partial charge in [-0.25, -0.2) is 4.98 Å². The molecular weight excluding hydrogens is 250 g/mol. The number of pyridine rings is 1. The van der Waals surface area contributed by atoms with Gasteiger partial charge in [-0.05, 0) is 43.7 Å². The smallest absolute Gasteiger partial charge is 0.171 e. The predicted molar refractivity (Wildman–Crippen MR) is 83.0 cm³/mol. The van der Waals surface area contributed by atoms with Gasteiger partial charge in [0, 0.05) is 25.5 Å². The molecule has 106 valence electrons. The number of hydrogen-bond acceptors (Lipinski definition) is 4. The molecule has 4 heteroatoms. The second-order valence-electron chi connectivity index (χ2n) is 5.09. The predicted octanol–water partition coefficient (Wildman–Crippen LogP) is 3.09. The van der Waals surface area contributed by atoms with E-state index in [1.807, 2.05) is 57.3 Å². The first kappa shape index (κ1) is 14.2. The van der Waals surface area contributed by atoms with E-state index in [1.165, 1.54) is 5.56 Å². The molecule has 20 heavy (non-hydrogen) atoms. The topological polar surface area (TPSA) is 51.4 Å². The number of rotatable bonds is 5. The number of aromatic nitrogens is 1. The Labute approximate surface area is 120 Å². The standard InChI is InChI=1S/C16H21N3O/c1-12(2)20-15-5-4-10-18-16(15)19(3)11-13-6-8-14(17)9-7-13/h4-10,12H,11,17H2,1-3H3. The summed E-state index contributed by atoms with van der Waals surface area (Å²) >= 11 is 0. The van der Waals surface area contributed by atoms with E-state index in [0.29, 0.717) is 0 Å². The van der Waals surface area contributed by atoms with E-state index in [1.54, 1.807) is 6.20 Å². The van der Waals surface area contributed by atoms with Crippen LogP contribution in [0, 0.1) is 0 Å². The van der Waals surface area contributed by atoms with Gasteiger partial charge in [0.2, 0.25) is 0 Å². The molecule has 2 rings (SSSR count). The molecule has 0 unspecified atom stereocenters. The molecule has 0 saturated carbocycles. The maximum atomic E-state index is 5.80. The van der Waals surface area contributed by atoms with Gasteiger partial charge >= 0.3 is 0 Å². The summed E-state index contributed by atoms with van der Waals surface area (Å²) in [6.45, 7) is 4.78. The van der Waals surface area contributed by atoms with Crippen molar-refractivity contribution < 1.29 is 4.74 Å². The van der Waals surface area contributed by atoms with Crippen LogP contribution in [0.2, 0.25) is 0 Å². The van der Waals surface area contributed by atoms with Crippen molar-refractivity contribution in [1.29, 1.82) is 0 Å². The fourth-order valence-corrected chi connectivity index (χ4v) is 1.99. The lowest BCUT2D eigenvalue weighted by molar-refractivity contribution is 0.242. The average molecular weight is 271 g/mol. The fraction of sp³-hybridized carbons (Fsp3) is 0.312. The first-order valence-corrected chi connectivity index (χ1v) is 6.73. The van der Waals surface area contributed by atoms with Gasteiger partial charge in [-0.1, -0.05) is 12.1 Å². The van der Waals surface area contributed by atoms with Crippen molar-refractivity contribution in [3.05, 3.63) is 48.2 Å². The van der Waals surface area contributed by atoms with Crippen LogP contribution < -0.4 is 15.4 Å². The number of ether oxygens (including phenoxy) is 1. The molecular formula is C16H21N3O. The molecule has 0 bridgehead atoms. The number of nitrogens with zero attached hydrogens (tertiary/aromatic N) is 2. The quantitative estimate of drug-likeness (QED) is 0.849. The molecule has 0 fully saturated rings. The SMILES string of the molecule is CC(C)Oc1cccnc1N(C)Cc1ccc(N)cc1. The van der Waals surface area contributed by atoms with E-state index in [-0.39, 0.29) is 6.10 Å². The average Bonchev–Trinajstić information content (AvgIpc) is 2.41. The molecule has 0 radical (unpaired) electrons.